The Morgan fingerprint density at radius 2 is 1.83 bits per heavy atom. The number of hydrogen-bond donors (Lipinski definition) is 1. The fourth-order valence-electron chi connectivity index (χ4n) is 1.31. The molecule has 1 heterocycles. The lowest BCUT2D eigenvalue weighted by atomic mass is 10.3. The third-order valence-corrected chi connectivity index (χ3v) is 5.31. The Kier molecular flexibility index (Phi) is 3.85. The van der Waals surface area contributed by atoms with E-state index in [-0.39, 0.29) is 12.3 Å². The van der Waals surface area contributed by atoms with Gasteiger partial charge in [0.1, 0.15) is 0 Å². The van der Waals surface area contributed by atoms with E-state index < -0.39 is 25.8 Å². The second kappa shape index (κ2) is 4.72. The minimum absolute atomic E-state index is 0.0378. The van der Waals surface area contributed by atoms with Crippen molar-refractivity contribution in [1.82, 2.24) is 9.55 Å². The van der Waals surface area contributed by atoms with Crippen molar-refractivity contribution in [2.75, 3.05) is 5.75 Å². The Labute approximate surface area is 106 Å². The molecule has 7 heteroatoms. The van der Waals surface area contributed by atoms with E-state index in [0.717, 1.165) is 0 Å². The largest absolute Gasteiger partial charge is 0.328 e. The summed E-state index contributed by atoms with van der Waals surface area (Å²) in [6.45, 7) is 6.44. The van der Waals surface area contributed by atoms with Gasteiger partial charge in [-0.25, -0.2) is 13.2 Å². The van der Waals surface area contributed by atoms with Gasteiger partial charge in [-0.3, -0.25) is 14.3 Å². The molecule has 1 rings (SSSR count). The molecule has 0 aliphatic carbocycles. The summed E-state index contributed by atoms with van der Waals surface area (Å²) in [5, 5.41) is 0. The van der Waals surface area contributed by atoms with Crippen LogP contribution in [0.25, 0.3) is 0 Å². The van der Waals surface area contributed by atoms with E-state index in [1.165, 1.54) is 10.8 Å². The molecule has 1 N–H and O–H groups in total. The molecule has 1 aromatic rings. The average molecular weight is 274 g/mol. The summed E-state index contributed by atoms with van der Waals surface area (Å²) in [6.07, 6.45) is 1.37. The number of aryl methyl sites for hydroxylation is 2. The fourth-order valence-corrected chi connectivity index (χ4v) is 2.36. The molecule has 6 nitrogen and oxygen atoms in total. The third kappa shape index (κ3) is 3.10. The van der Waals surface area contributed by atoms with Gasteiger partial charge in [-0.05, 0) is 27.7 Å². The molecule has 0 aliphatic rings. The van der Waals surface area contributed by atoms with Crippen LogP contribution in [0.1, 0.15) is 26.3 Å². The van der Waals surface area contributed by atoms with E-state index in [0.29, 0.717) is 5.56 Å². The summed E-state index contributed by atoms with van der Waals surface area (Å²) in [4.78, 5) is 24.8. The smallest absolute Gasteiger partial charge is 0.299 e. The predicted molar refractivity (Wildman–Crippen MR) is 69.6 cm³/mol. The molecule has 0 radical (unpaired) electrons. The molecule has 0 unspecified atom stereocenters. The number of nitrogens with one attached hydrogen (secondary N) is 1. The van der Waals surface area contributed by atoms with Gasteiger partial charge in [0.05, 0.1) is 10.5 Å². The van der Waals surface area contributed by atoms with Crippen LogP contribution in [0.5, 0.6) is 0 Å². The number of rotatable bonds is 3. The van der Waals surface area contributed by atoms with Crippen LogP contribution in [0.4, 0.5) is 0 Å². The van der Waals surface area contributed by atoms with Gasteiger partial charge in [0.2, 0.25) is 0 Å². The first-order chi connectivity index (χ1) is 8.04. The Balaban J connectivity index is 2.99. The number of aromatic amines is 1. The summed E-state index contributed by atoms with van der Waals surface area (Å²) in [6, 6.07) is 0. The Morgan fingerprint density at radius 1 is 1.28 bits per heavy atom. The van der Waals surface area contributed by atoms with Gasteiger partial charge in [0.15, 0.2) is 9.84 Å². The van der Waals surface area contributed by atoms with E-state index in [9.17, 15) is 18.0 Å². The average Bonchev–Trinajstić information content (AvgIpc) is 2.20. The summed E-state index contributed by atoms with van der Waals surface area (Å²) < 4.78 is 24.2. The van der Waals surface area contributed by atoms with Gasteiger partial charge in [0, 0.05) is 18.3 Å². The first-order valence-electron chi connectivity index (χ1n) is 5.57. The van der Waals surface area contributed by atoms with Gasteiger partial charge >= 0.3 is 5.69 Å². The first-order valence-corrected chi connectivity index (χ1v) is 7.22. The fraction of sp³-hybridized carbons (Fsp3) is 0.636. The summed E-state index contributed by atoms with van der Waals surface area (Å²) in [7, 11) is -3.29. The summed E-state index contributed by atoms with van der Waals surface area (Å²) in [5.41, 5.74) is -0.660. The molecule has 0 atom stereocenters. The van der Waals surface area contributed by atoms with Crippen LogP contribution in [-0.2, 0) is 16.4 Å². The highest BCUT2D eigenvalue weighted by Gasteiger charge is 2.28. The van der Waals surface area contributed by atoms with Crippen molar-refractivity contribution >= 4 is 9.84 Å². The van der Waals surface area contributed by atoms with Gasteiger partial charge in [0.25, 0.3) is 5.56 Å². The summed E-state index contributed by atoms with van der Waals surface area (Å²) >= 11 is 0. The standard InChI is InChI=1S/C11H18N2O4S/c1-8-7-13(10(15)12-9(8)14)5-6-18(16,17)11(2,3)4/h7H,5-6H2,1-4H3,(H,12,14,15). The Morgan fingerprint density at radius 3 is 2.33 bits per heavy atom. The van der Waals surface area contributed by atoms with Gasteiger partial charge in [-0.2, -0.15) is 0 Å². The highest BCUT2D eigenvalue weighted by molar-refractivity contribution is 7.92. The van der Waals surface area contributed by atoms with Gasteiger partial charge < -0.3 is 0 Å². The molecule has 0 saturated heterocycles. The molecule has 0 fully saturated rings. The molecule has 18 heavy (non-hydrogen) atoms. The topological polar surface area (TPSA) is 89.0 Å². The van der Waals surface area contributed by atoms with Crippen LogP contribution in [0.2, 0.25) is 0 Å². The lowest BCUT2D eigenvalue weighted by Crippen LogP contribution is -2.36. The Bertz CT molecular complexity index is 647. The monoisotopic (exact) mass is 274 g/mol. The number of hydrogen-bond acceptors (Lipinski definition) is 4. The molecule has 102 valence electrons. The second-order valence-corrected chi connectivity index (χ2v) is 8.06. The quantitative estimate of drug-likeness (QED) is 0.844. The normalized spacial score (nSPS) is 12.7. The molecule has 0 bridgehead atoms. The SMILES string of the molecule is Cc1cn(CCS(=O)(=O)C(C)(C)C)c(=O)[nH]c1=O. The highest BCUT2D eigenvalue weighted by Crippen LogP contribution is 2.15. The zero-order chi connectivity index (χ0) is 14.1. The lowest BCUT2D eigenvalue weighted by molar-refractivity contribution is 0.551. The van der Waals surface area contributed by atoms with Crippen molar-refractivity contribution in [2.24, 2.45) is 0 Å². The molecule has 0 aromatic carbocycles. The molecule has 0 saturated carbocycles. The zero-order valence-corrected chi connectivity index (χ0v) is 11.8. The van der Waals surface area contributed by atoms with Crippen LogP contribution in [0.15, 0.2) is 15.8 Å². The van der Waals surface area contributed by atoms with E-state index in [1.54, 1.807) is 27.7 Å². The molecule has 0 aliphatic heterocycles. The molecular weight excluding hydrogens is 256 g/mol. The van der Waals surface area contributed by atoms with Crippen molar-refractivity contribution in [3.63, 3.8) is 0 Å². The van der Waals surface area contributed by atoms with Crippen molar-refractivity contribution < 1.29 is 8.42 Å². The number of aromatic nitrogens is 2. The van der Waals surface area contributed by atoms with Gasteiger partial charge in [-0.1, -0.05) is 0 Å². The lowest BCUT2D eigenvalue weighted by Gasteiger charge is -2.19. The van der Waals surface area contributed by atoms with E-state index in [4.69, 9.17) is 0 Å². The second-order valence-electron chi connectivity index (χ2n) is 5.20. The van der Waals surface area contributed by atoms with Crippen LogP contribution >= 0.6 is 0 Å². The molecule has 0 spiro atoms. The van der Waals surface area contributed by atoms with Crippen molar-refractivity contribution in [2.45, 2.75) is 39.0 Å². The van der Waals surface area contributed by atoms with Gasteiger partial charge in [-0.15, -0.1) is 0 Å². The number of nitrogens with zero attached hydrogens (tertiary/aromatic N) is 1. The maximum absolute atomic E-state index is 11.9. The maximum atomic E-state index is 11.9. The van der Waals surface area contributed by atoms with Crippen LogP contribution in [-0.4, -0.2) is 28.5 Å². The predicted octanol–water partition coefficient (Wildman–Crippen LogP) is 0.0583. The third-order valence-electron chi connectivity index (χ3n) is 2.72. The number of H-pyrrole nitrogens is 1. The molecular formula is C11H18N2O4S. The van der Waals surface area contributed by atoms with Crippen LogP contribution in [0, 0.1) is 6.92 Å². The van der Waals surface area contributed by atoms with E-state index >= 15 is 0 Å². The van der Waals surface area contributed by atoms with Crippen molar-refractivity contribution in [1.29, 1.82) is 0 Å². The van der Waals surface area contributed by atoms with Crippen molar-refractivity contribution in [3.05, 3.63) is 32.6 Å². The molecule has 1 aromatic heterocycles. The van der Waals surface area contributed by atoms with Crippen LogP contribution in [0.3, 0.4) is 0 Å². The summed E-state index contributed by atoms with van der Waals surface area (Å²) in [5.74, 6) is -0.137. The minimum Gasteiger partial charge on any atom is -0.299 e. The maximum Gasteiger partial charge on any atom is 0.328 e. The first kappa shape index (κ1) is 14.7. The van der Waals surface area contributed by atoms with E-state index in [1.807, 2.05) is 0 Å². The van der Waals surface area contributed by atoms with Crippen LogP contribution < -0.4 is 11.2 Å². The minimum atomic E-state index is -3.29. The zero-order valence-electron chi connectivity index (χ0n) is 11.0. The van der Waals surface area contributed by atoms with Crippen molar-refractivity contribution in [3.8, 4) is 0 Å². The Hall–Kier alpha value is -1.37. The number of sulfone groups is 1. The highest BCUT2D eigenvalue weighted by atomic mass is 32.2. The molecule has 0 amide bonds. The van der Waals surface area contributed by atoms with E-state index in [2.05, 4.69) is 4.98 Å².